The number of hydrogen-bond donors (Lipinski definition) is 1. The summed E-state index contributed by atoms with van der Waals surface area (Å²) in [5.41, 5.74) is 3.17. The van der Waals surface area contributed by atoms with Crippen LogP contribution in [0.3, 0.4) is 0 Å². The summed E-state index contributed by atoms with van der Waals surface area (Å²) in [5, 5.41) is 10.7. The summed E-state index contributed by atoms with van der Waals surface area (Å²) in [7, 11) is 0. The molecular weight excluding hydrogens is 282 g/mol. The Kier molecular flexibility index (Phi) is 3.69. The summed E-state index contributed by atoms with van der Waals surface area (Å²) in [4.78, 5) is 16.0. The van der Waals surface area contributed by atoms with Gasteiger partial charge in [0.05, 0.1) is 17.8 Å². The fourth-order valence-corrected chi connectivity index (χ4v) is 2.16. The van der Waals surface area contributed by atoms with Crippen molar-refractivity contribution >= 4 is 11.6 Å². The van der Waals surface area contributed by atoms with Gasteiger partial charge in [0, 0.05) is 11.3 Å². The molecule has 0 saturated carbocycles. The zero-order valence-electron chi connectivity index (χ0n) is 12.3. The summed E-state index contributed by atoms with van der Waals surface area (Å²) in [5.74, 6) is 0.567. The smallest absolute Gasteiger partial charge is 0.228 e. The zero-order chi connectivity index (χ0) is 15.5. The molecule has 0 unspecified atom stereocenters. The Morgan fingerprint density at radius 2 is 2.05 bits per heavy atom. The summed E-state index contributed by atoms with van der Waals surface area (Å²) in [6.07, 6.45) is 3.33. The first-order valence-corrected chi connectivity index (χ1v) is 6.80. The van der Waals surface area contributed by atoms with Crippen LogP contribution >= 0.6 is 0 Å². The first-order chi connectivity index (χ1) is 10.6. The van der Waals surface area contributed by atoms with Crippen LogP contribution < -0.4 is 5.32 Å². The van der Waals surface area contributed by atoms with Crippen LogP contribution in [0.2, 0.25) is 0 Å². The van der Waals surface area contributed by atoms with Gasteiger partial charge in [0.1, 0.15) is 18.4 Å². The normalized spacial score (nSPS) is 10.6. The van der Waals surface area contributed by atoms with Crippen LogP contribution in [0.25, 0.3) is 5.69 Å². The predicted molar refractivity (Wildman–Crippen MR) is 79.7 cm³/mol. The van der Waals surface area contributed by atoms with Gasteiger partial charge in [-0.15, -0.1) is 0 Å². The Bertz CT molecular complexity index is 755. The van der Waals surface area contributed by atoms with Crippen LogP contribution in [0.5, 0.6) is 0 Å². The molecule has 112 valence electrons. The zero-order valence-corrected chi connectivity index (χ0v) is 12.3. The molecule has 7 nitrogen and oxygen atoms in total. The van der Waals surface area contributed by atoms with Crippen LogP contribution in [0.1, 0.15) is 17.0 Å². The molecule has 1 amide bonds. The van der Waals surface area contributed by atoms with E-state index in [2.05, 4.69) is 20.6 Å². The van der Waals surface area contributed by atoms with Gasteiger partial charge < -0.3 is 9.84 Å². The van der Waals surface area contributed by atoms with Crippen molar-refractivity contribution in [3.8, 4) is 5.69 Å². The maximum atomic E-state index is 12.1. The Labute approximate surface area is 127 Å². The van der Waals surface area contributed by atoms with Crippen LogP contribution in [0, 0.1) is 13.8 Å². The first kappa shape index (κ1) is 14.0. The van der Waals surface area contributed by atoms with Gasteiger partial charge in [0.2, 0.25) is 5.91 Å². The van der Waals surface area contributed by atoms with E-state index in [1.54, 1.807) is 17.9 Å². The topological polar surface area (TPSA) is 85.8 Å². The van der Waals surface area contributed by atoms with Crippen LogP contribution in [-0.4, -0.2) is 25.8 Å². The summed E-state index contributed by atoms with van der Waals surface area (Å²) in [6, 6.07) is 7.37. The highest BCUT2D eigenvalue weighted by Crippen LogP contribution is 2.15. The number of anilines is 1. The molecule has 7 heteroatoms. The summed E-state index contributed by atoms with van der Waals surface area (Å²) >= 11 is 0. The monoisotopic (exact) mass is 297 g/mol. The number of aryl methyl sites for hydroxylation is 2. The minimum absolute atomic E-state index is 0.108. The molecule has 0 aliphatic heterocycles. The van der Waals surface area contributed by atoms with Gasteiger partial charge >= 0.3 is 0 Å². The summed E-state index contributed by atoms with van der Waals surface area (Å²) in [6.45, 7) is 3.63. The first-order valence-electron chi connectivity index (χ1n) is 6.80. The van der Waals surface area contributed by atoms with Gasteiger partial charge in [-0.3, -0.25) is 4.79 Å². The Balaban J connectivity index is 1.67. The number of rotatable bonds is 4. The lowest BCUT2D eigenvalue weighted by Crippen LogP contribution is -2.15. The molecule has 0 radical (unpaired) electrons. The minimum Gasteiger partial charge on any atom is -0.361 e. The number of benzene rings is 1. The van der Waals surface area contributed by atoms with Crippen LogP contribution in [0.4, 0.5) is 5.69 Å². The van der Waals surface area contributed by atoms with Crippen molar-refractivity contribution in [2.45, 2.75) is 20.3 Å². The number of aromatic nitrogens is 4. The number of nitrogens with one attached hydrogen (secondary N) is 1. The Morgan fingerprint density at radius 1 is 1.27 bits per heavy atom. The Morgan fingerprint density at radius 3 is 2.64 bits per heavy atom. The maximum Gasteiger partial charge on any atom is 0.228 e. The van der Waals surface area contributed by atoms with Gasteiger partial charge in [-0.05, 0) is 38.1 Å². The van der Waals surface area contributed by atoms with E-state index in [4.69, 9.17) is 4.52 Å². The predicted octanol–water partition coefficient (Wildman–Crippen LogP) is 2.05. The van der Waals surface area contributed by atoms with E-state index >= 15 is 0 Å². The van der Waals surface area contributed by atoms with Gasteiger partial charge in [-0.2, -0.15) is 5.10 Å². The molecule has 0 saturated heterocycles. The van der Waals surface area contributed by atoms with E-state index in [1.807, 2.05) is 31.2 Å². The lowest BCUT2D eigenvalue weighted by molar-refractivity contribution is -0.115. The molecule has 1 aromatic carbocycles. The number of carbonyl (C=O) groups is 1. The molecular formula is C15H15N5O2. The standard InChI is InChI=1S/C15H15N5O2/c1-10-14(11(2)22-19-10)7-15(21)18-12-3-5-13(6-4-12)20-9-16-8-17-20/h3-6,8-9H,7H2,1-2H3,(H,18,21). The average Bonchev–Trinajstić information content (AvgIpc) is 3.14. The highest BCUT2D eigenvalue weighted by Gasteiger charge is 2.13. The van der Waals surface area contributed by atoms with Crippen LogP contribution in [0.15, 0.2) is 41.4 Å². The van der Waals surface area contributed by atoms with E-state index in [9.17, 15) is 4.79 Å². The second-order valence-electron chi connectivity index (χ2n) is 4.91. The number of hydrogen-bond acceptors (Lipinski definition) is 5. The fraction of sp³-hybridized carbons (Fsp3) is 0.200. The van der Waals surface area contributed by atoms with Gasteiger partial charge in [-0.1, -0.05) is 5.16 Å². The number of carbonyl (C=O) groups excluding carboxylic acids is 1. The highest BCUT2D eigenvalue weighted by molar-refractivity contribution is 5.92. The molecule has 0 bridgehead atoms. The van der Waals surface area contributed by atoms with Crippen molar-refractivity contribution < 1.29 is 9.32 Å². The lowest BCUT2D eigenvalue weighted by Gasteiger charge is -2.06. The SMILES string of the molecule is Cc1noc(C)c1CC(=O)Nc1ccc(-n2cncn2)cc1. The molecule has 1 N–H and O–H groups in total. The molecule has 0 fully saturated rings. The van der Waals surface area contributed by atoms with E-state index < -0.39 is 0 Å². The molecule has 0 aliphatic rings. The fourth-order valence-electron chi connectivity index (χ4n) is 2.16. The highest BCUT2D eigenvalue weighted by atomic mass is 16.5. The van der Waals surface area contributed by atoms with Crippen molar-refractivity contribution in [2.75, 3.05) is 5.32 Å². The third-order valence-electron chi connectivity index (χ3n) is 3.35. The van der Waals surface area contributed by atoms with Crippen LogP contribution in [-0.2, 0) is 11.2 Å². The van der Waals surface area contributed by atoms with Gasteiger partial charge in [0.15, 0.2) is 0 Å². The third-order valence-corrected chi connectivity index (χ3v) is 3.35. The van der Waals surface area contributed by atoms with E-state index in [0.29, 0.717) is 5.76 Å². The Hall–Kier alpha value is -2.96. The molecule has 0 spiro atoms. The van der Waals surface area contributed by atoms with E-state index in [0.717, 1.165) is 22.6 Å². The number of amides is 1. The molecule has 3 rings (SSSR count). The molecule has 2 heterocycles. The minimum atomic E-state index is -0.108. The molecule has 22 heavy (non-hydrogen) atoms. The second-order valence-corrected chi connectivity index (χ2v) is 4.91. The van der Waals surface area contributed by atoms with Crippen molar-refractivity contribution in [1.29, 1.82) is 0 Å². The molecule has 3 aromatic rings. The molecule has 0 aliphatic carbocycles. The van der Waals surface area contributed by atoms with Crippen molar-refractivity contribution in [3.05, 3.63) is 53.9 Å². The van der Waals surface area contributed by atoms with Gasteiger partial charge in [-0.25, -0.2) is 9.67 Å². The van der Waals surface area contributed by atoms with E-state index in [-0.39, 0.29) is 12.3 Å². The average molecular weight is 297 g/mol. The summed E-state index contributed by atoms with van der Waals surface area (Å²) < 4.78 is 6.71. The number of nitrogens with zero attached hydrogens (tertiary/aromatic N) is 4. The van der Waals surface area contributed by atoms with Crippen molar-refractivity contribution in [3.63, 3.8) is 0 Å². The third kappa shape index (κ3) is 2.88. The molecule has 2 aromatic heterocycles. The second kappa shape index (κ2) is 5.80. The molecule has 0 atom stereocenters. The van der Waals surface area contributed by atoms with E-state index in [1.165, 1.54) is 6.33 Å². The largest absolute Gasteiger partial charge is 0.361 e. The van der Waals surface area contributed by atoms with Crippen molar-refractivity contribution in [1.82, 2.24) is 19.9 Å². The van der Waals surface area contributed by atoms with Crippen molar-refractivity contribution in [2.24, 2.45) is 0 Å². The maximum absolute atomic E-state index is 12.1. The lowest BCUT2D eigenvalue weighted by atomic mass is 10.1. The quantitative estimate of drug-likeness (QED) is 0.796. The van der Waals surface area contributed by atoms with Gasteiger partial charge in [0.25, 0.3) is 0 Å².